The van der Waals surface area contributed by atoms with Crippen molar-refractivity contribution in [2.45, 2.75) is 20.3 Å². The van der Waals surface area contributed by atoms with Crippen LogP contribution in [0.15, 0.2) is 48.5 Å². The first-order valence-electron chi connectivity index (χ1n) is 8.80. The fraction of sp³-hybridized carbons (Fsp3) is 0.350. The number of amides is 1. The van der Waals surface area contributed by atoms with Crippen molar-refractivity contribution in [2.24, 2.45) is 0 Å². The highest BCUT2D eigenvalue weighted by Crippen LogP contribution is 2.25. The van der Waals surface area contributed by atoms with Crippen LogP contribution in [0.25, 0.3) is 0 Å². The Morgan fingerprint density at radius 1 is 1.04 bits per heavy atom. The number of anilines is 1. The largest absolute Gasteiger partial charge is 0.354 e. The normalized spacial score (nSPS) is 11.4. The Morgan fingerprint density at radius 2 is 1.70 bits per heavy atom. The minimum Gasteiger partial charge on any atom is -0.354 e. The molecule has 146 valence electrons. The molecule has 0 heterocycles. The van der Waals surface area contributed by atoms with Crippen LogP contribution in [0.2, 0.25) is 0 Å². The van der Waals surface area contributed by atoms with Crippen LogP contribution in [-0.2, 0) is 21.4 Å². The van der Waals surface area contributed by atoms with Crippen LogP contribution < -0.4 is 9.62 Å². The van der Waals surface area contributed by atoms with E-state index in [0.29, 0.717) is 18.7 Å². The van der Waals surface area contributed by atoms with Crippen LogP contribution in [0.4, 0.5) is 5.69 Å². The van der Waals surface area contributed by atoms with Crippen molar-refractivity contribution in [3.8, 4) is 0 Å². The molecular formula is C20H27N3O3S. The van der Waals surface area contributed by atoms with Crippen LogP contribution in [-0.4, -0.2) is 45.8 Å². The zero-order chi connectivity index (χ0) is 20.0. The van der Waals surface area contributed by atoms with Gasteiger partial charge in [0.15, 0.2) is 0 Å². The lowest BCUT2D eigenvalue weighted by molar-refractivity contribution is -0.119. The summed E-state index contributed by atoms with van der Waals surface area (Å²) in [5.41, 5.74) is 3.36. The summed E-state index contributed by atoms with van der Waals surface area (Å²) in [4.78, 5) is 12.4. The van der Waals surface area contributed by atoms with Crippen LogP contribution >= 0.6 is 0 Å². The van der Waals surface area contributed by atoms with Crippen molar-refractivity contribution in [3.05, 3.63) is 65.2 Å². The van der Waals surface area contributed by atoms with Crippen molar-refractivity contribution in [3.63, 3.8) is 0 Å². The number of aryl methyl sites for hydroxylation is 2. The quantitative estimate of drug-likeness (QED) is 0.753. The molecule has 2 rings (SSSR count). The Labute approximate surface area is 162 Å². The molecule has 2 aromatic carbocycles. The molecule has 0 aromatic heterocycles. The number of nitrogens with one attached hydrogen (secondary N) is 1. The monoisotopic (exact) mass is 389 g/mol. The number of hydrogen-bond acceptors (Lipinski definition) is 3. The van der Waals surface area contributed by atoms with E-state index in [2.05, 4.69) is 5.32 Å². The summed E-state index contributed by atoms with van der Waals surface area (Å²) in [6, 6.07) is 15.4. The molecule has 0 bridgehead atoms. The fourth-order valence-electron chi connectivity index (χ4n) is 2.65. The number of carbonyl (C=O) groups excluding carboxylic acids is 1. The minimum absolute atomic E-state index is 0.264. The Hall–Kier alpha value is -2.38. The maximum atomic E-state index is 12.8. The molecule has 6 nitrogen and oxygen atoms in total. The highest BCUT2D eigenvalue weighted by Gasteiger charge is 2.28. The molecule has 0 aliphatic carbocycles. The third-order valence-electron chi connectivity index (χ3n) is 4.24. The molecular weight excluding hydrogens is 362 g/mol. The van der Waals surface area contributed by atoms with Gasteiger partial charge in [0.25, 0.3) is 0 Å². The summed E-state index contributed by atoms with van der Waals surface area (Å²) in [5.74, 6) is -0.336. The summed E-state index contributed by atoms with van der Waals surface area (Å²) in [5, 5.41) is 2.81. The Balaban J connectivity index is 2.14. The smallest absolute Gasteiger partial charge is 0.304 e. The highest BCUT2D eigenvalue weighted by atomic mass is 32.2. The molecule has 0 atom stereocenters. The van der Waals surface area contributed by atoms with Gasteiger partial charge in [0.2, 0.25) is 5.91 Å². The average molecular weight is 390 g/mol. The molecule has 0 aliphatic rings. The third kappa shape index (κ3) is 5.55. The van der Waals surface area contributed by atoms with Gasteiger partial charge in [-0.3, -0.25) is 4.79 Å². The second kappa shape index (κ2) is 9.01. The molecule has 0 unspecified atom stereocenters. The standard InChI is InChI=1S/C20H27N3O3S/c1-16-10-11-17(2)19(14-16)23(27(25,26)22(3)4)15-20(24)21-13-12-18-8-6-5-7-9-18/h5-11,14H,12-13,15H2,1-4H3,(H,21,24). The van der Waals surface area contributed by atoms with Crippen LogP contribution in [0.5, 0.6) is 0 Å². The highest BCUT2D eigenvalue weighted by molar-refractivity contribution is 7.90. The van der Waals surface area contributed by atoms with E-state index in [1.54, 1.807) is 6.07 Å². The first-order valence-corrected chi connectivity index (χ1v) is 10.2. The Kier molecular flexibility index (Phi) is 6.98. The Bertz CT molecular complexity index is 881. The summed E-state index contributed by atoms with van der Waals surface area (Å²) >= 11 is 0. The van der Waals surface area contributed by atoms with Crippen LogP contribution in [0.1, 0.15) is 16.7 Å². The summed E-state index contributed by atoms with van der Waals surface area (Å²) in [6.07, 6.45) is 0.691. The summed E-state index contributed by atoms with van der Waals surface area (Å²) < 4.78 is 27.9. The first kappa shape index (κ1) is 20.9. The SMILES string of the molecule is Cc1ccc(C)c(N(CC(=O)NCCc2ccccc2)S(=O)(=O)N(C)C)c1. The summed E-state index contributed by atoms with van der Waals surface area (Å²) in [7, 11) is -0.880. The maximum Gasteiger partial charge on any atom is 0.304 e. The van der Waals surface area contributed by atoms with Gasteiger partial charge in [0, 0.05) is 20.6 Å². The number of hydrogen-bond donors (Lipinski definition) is 1. The molecule has 27 heavy (non-hydrogen) atoms. The molecule has 0 spiro atoms. The van der Waals surface area contributed by atoms with Gasteiger partial charge in [-0.15, -0.1) is 0 Å². The minimum atomic E-state index is -3.80. The lowest BCUT2D eigenvalue weighted by Gasteiger charge is -2.28. The number of nitrogens with zero attached hydrogens (tertiary/aromatic N) is 2. The van der Waals surface area contributed by atoms with E-state index in [1.807, 2.05) is 56.3 Å². The van der Waals surface area contributed by atoms with E-state index in [1.165, 1.54) is 14.1 Å². The van der Waals surface area contributed by atoms with Crippen molar-refractivity contribution in [1.82, 2.24) is 9.62 Å². The molecule has 1 N–H and O–H groups in total. The predicted octanol–water partition coefficient (Wildman–Crippen LogP) is 2.28. The van der Waals surface area contributed by atoms with Gasteiger partial charge in [-0.05, 0) is 43.0 Å². The van der Waals surface area contributed by atoms with Crippen LogP contribution in [0.3, 0.4) is 0 Å². The number of carbonyl (C=O) groups is 1. The molecule has 0 aliphatic heterocycles. The fourth-order valence-corrected chi connectivity index (χ4v) is 3.77. The van der Waals surface area contributed by atoms with Gasteiger partial charge in [0.1, 0.15) is 6.54 Å². The van der Waals surface area contributed by atoms with Crippen molar-refractivity contribution in [2.75, 3.05) is 31.5 Å². The van der Waals surface area contributed by atoms with E-state index in [-0.39, 0.29) is 12.5 Å². The molecule has 0 radical (unpaired) electrons. The number of rotatable bonds is 8. The molecule has 0 saturated carbocycles. The van der Waals surface area contributed by atoms with E-state index < -0.39 is 10.2 Å². The van der Waals surface area contributed by atoms with E-state index in [0.717, 1.165) is 25.3 Å². The molecule has 1 amide bonds. The molecule has 0 saturated heterocycles. The zero-order valence-electron chi connectivity index (χ0n) is 16.3. The lowest BCUT2D eigenvalue weighted by atomic mass is 10.1. The van der Waals surface area contributed by atoms with Gasteiger partial charge >= 0.3 is 10.2 Å². The van der Waals surface area contributed by atoms with Gasteiger partial charge in [-0.2, -0.15) is 12.7 Å². The number of benzene rings is 2. The third-order valence-corrected chi connectivity index (χ3v) is 6.04. The molecule has 2 aromatic rings. The van der Waals surface area contributed by atoms with E-state index in [9.17, 15) is 13.2 Å². The van der Waals surface area contributed by atoms with Crippen molar-refractivity contribution in [1.29, 1.82) is 0 Å². The lowest BCUT2D eigenvalue weighted by Crippen LogP contribution is -2.46. The maximum absolute atomic E-state index is 12.8. The van der Waals surface area contributed by atoms with Gasteiger partial charge < -0.3 is 5.32 Å². The van der Waals surface area contributed by atoms with Crippen molar-refractivity contribution < 1.29 is 13.2 Å². The zero-order valence-corrected chi connectivity index (χ0v) is 17.1. The summed E-state index contributed by atoms with van der Waals surface area (Å²) in [6.45, 7) is 3.91. The van der Waals surface area contributed by atoms with Gasteiger partial charge in [0.05, 0.1) is 5.69 Å². The topological polar surface area (TPSA) is 69.7 Å². The van der Waals surface area contributed by atoms with Crippen LogP contribution in [0, 0.1) is 13.8 Å². The van der Waals surface area contributed by atoms with E-state index in [4.69, 9.17) is 0 Å². The van der Waals surface area contributed by atoms with Gasteiger partial charge in [-0.25, -0.2) is 4.31 Å². The second-order valence-electron chi connectivity index (χ2n) is 6.67. The van der Waals surface area contributed by atoms with Gasteiger partial charge in [-0.1, -0.05) is 42.5 Å². The second-order valence-corrected chi connectivity index (χ2v) is 8.74. The average Bonchev–Trinajstić information content (AvgIpc) is 2.62. The first-order chi connectivity index (χ1) is 12.7. The van der Waals surface area contributed by atoms with Crippen molar-refractivity contribution >= 4 is 21.8 Å². The molecule has 7 heteroatoms. The Morgan fingerprint density at radius 3 is 2.33 bits per heavy atom. The molecule has 0 fully saturated rings. The predicted molar refractivity (Wildman–Crippen MR) is 109 cm³/mol. The van der Waals surface area contributed by atoms with E-state index >= 15 is 0 Å².